The van der Waals surface area contributed by atoms with Crippen LogP contribution in [0.1, 0.15) is 34.1 Å². The minimum absolute atomic E-state index is 0.0596. The average molecular weight is 326 g/mol. The second-order valence-electron chi connectivity index (χ2n) is 6.97. The van der Waals surface area contributed by atoms with E-state index in [1.807, 2.05) is 27.7 Å². The maximum atomic E-state index is 13.8. The average Bonchev–Trinajstić information content (AvgIpc) is 2.56. The van der Waals surface area contributed by atoms with Gasteiger partial charge in [0.15, 0.2) is 0 Å². The predicted octanol–water partition coefficient (Wildman–Crippen LogP) is 2.97. The van der Waals surface area contributed by atoms with Crippen LogP contribution in [0.2, 0.25) is 0 Å². The van der Waals surface area contributed by atoms with E-state index in [2.05, 4.69) is 10.6 Å². The summed E-state index contributed by atoms with van der Waals surface area (Å²) in [6.45, 7) is 7.88. The van der Waals surface area contributed by atoms with Crippen molar-refractivity contribution in [1.29, 1.82) is 0 Å². The Balaban J connectivity index is 2.42. The van der Waals surface area contributed by atoms with Crippen LogP contribution >= 0.6 is 0 Å². The van der Waals surface area contributed by atoms with E-state index in [0.29, 0.717) is 12.5 Å². The fourth-order valence-electron chi connectivity index (χ4n) is 3.15. The highest BCUT2D eigenvalue weighted by Gasteiger charge is 2.44. The first-order valence-corrected chi connectivity index (χ1v) is 7.11. The Hall–Kier alpha value is -2.29. The zero-order chi connectivity index (χ0) is 17.6. The molecule has 0 amide bonds. The molecule has 0 bridgehead atoms. The molecule has 9 heteroatoms. The molecule has 8 nitrogen and oxygen atoms in total. The molecule has 1 fully saturated rings. The highest BCUT2D eigenvalue weighted by Crippen LogP contribution is 2.37. The van der Waals surface area contributed by atoms with Crippen LogP contribution in [0.3, 0.4) is 0 Å². The van der Waals surface area contributed by atoms with Gasteiger partial charge in [-0.05, 0) is 34.1 Å². The van der Waals surface area contributed by atoms with Crippen molar-refractivity contribution in [1.82, 2.24) is 5.32 Å². The van der Waals surface area contributed by atoms with Crippen LogP contribution in [0.4, 0.5) is 21.5 Å². The van der Waals surface area contributed by atoms with Crippen LogP contribution < -0.4 is 10.6 Å². The summed E-state index contributed by atoms with van der Waals surface area (Å²) >= 11 is 0. The van der Waals surface area contributed by atoms with Crippen molar-refractivity contribution in [3.05, 3.63) is 38.2 Å². The van der Waals surface area contributed by atoms with Crippen LogP contribution in [0, 0.1) is 26.0 Å². The lowest BCUT2D eigenvalue weighted by Crippen LogP contribution is -2.48. The van der Waals surface area contributed by atoms with Gasteiger partial charge in [0.1, 0.15) is 5.69 Å². The van der Waals surface area contributed by atoms with E-state index in [1.165, 1.54) is 0 Å². The third-order valence-electron chi connectivity index (χ3n) is 4.03. The van der Waals surface area contributed by atoms with E-state index in [4.69, 9.17) is 0 Å². The normalized spacial score (nSPS) is 21.9. The van der Waals surface area contributed by atoms with E-state index in [-0.39, 0.29) is 22.8 Å². The van der Waals surface area contributed by atoms with Gasteiger partial charge < -0.3 is 10.6 Å². The zero-order valence-electron chi connectivity index (χ0n) is 13.3. The van der Waals surface area contributed by atoms with Gasteiger partial charge in [-0.15, -0.1) is 0 Å². The van der Waals surface area contributed by atoms with Crippen molar-refractivity contribution in [3.63, 3.8) is 0 Å². The molecule has 1 aromatic carbocycles. The summed E-state index contributed by atoms with van der Waals surface area (Å²) in [4.78, 5) is 20.2. The number of hydrogen-bond acceptors (Lipinski definition) is 6. The second-order valence-corrected chi connectivity index (χ2v) is 6.97. The highest BCUT2D eigenvalue weighted by molar-refractivity contribution is 5.66. The largest absolute Gasteiger partial charge is 0.375 e. The number of nitro groups is 2. The fraction of sp³-hybridized carbons (Fsp3) is 0.571. The maximum absolute atomic E-state index is 13.8. The summed E-state index contributed by atoms with van der Waals surface area (Å²) in [7, 11) is 0. The molecule has 1 aromatic rings. The molecule has 23 heavy (non-hydrogen) atoms. The summed E-state index contributed by atoms with van der Waals surface area (Å²) in [6.07, 6.45) is 0.662. The molecule has 1 heterocycles. The second kappa shape index (κ2) is 5.41. The van der Waals surface area contributed by atoms with E-state index in [0.717, 1.165) is 6.07 Å². The first-order valence-electron chi connectivity index (χ1n) is 7.11. The first kappa shape index (κ1) is 17.1. The van der Waals surface area contributed by atoms with E-state index in [9.17, 15) is 24.6 Å². The van der Waals surface area contributed by atoms with Crippen molar-refractivity contribution in [2.75, 3.05) is 5.32 Å². The van der Waals surface area contributed by atoms with Crippen LogP contribution in [-0.2, 0) is 0 Å². The minimum atomic E-state index is -1.11. The predicted molar refractivity (Wildman–Crippen MR) is 83.0 cm³/mol. The number of anilines is 1. The van der Waals surface area contributed by atoms with Crippen LogP contribution in [0.25, 0.3) is 0 Å². The summed E-state index contributed by atoms with van der Waals surface area (Å²) in [6, 6.07) is 1.27. The topological polar surface area (TPSA) is 110 Å². The third-order valence-corrected chi connectivity index (χ3v) is 4.03. The van der Waals surface area contributed by atoms with Gasteiger partial charge in [0.2, 0.25) is 5.82 Å². The molecular weight excluding hydrogens is 307 g/mol. The fourth-order valence-corrected chi connectivity index (χ4v) is 3.15. The number of halogens is 1. The van der Waals surface area contributed by atoms with Gasteiger partial charge in [0.25, 0.3) is 5.69 Å². The molecule has 0 radical (unpaired) electrons. The molecule has 1 saturated heterocycles. The molecule has 0 aliphatic carbocycles. The molecule has 1 atom stereocenters. The Morgan fingerprint density at radius 1 is 1.17 bits per heavy atom. The lowest BCUT2D eigenvalue weighted by atomic mass is 9.94. The van der Waals surface area contributed by atoms with Gasteiger partial charge in [0, 0.05) is 23.2 Å². The lowest BCUT2D eigenvalue weighted by Gasteiger charge is -2.29. The van der Waals surface area contributed by atoms with Crippen LogP contribution in [-0.4, -0.2) is 27.0 Å². The zero-order valence-corrected chi connectivity index (χ0v) is 13.3. The first-order chi connectivity index (χ1) is 10.4. The Kier molecular flexibility index (Phi) is 4.02. The van der Waals surface area contributed by atoms with E-state index < -0.39 is 27.0 Å². The Bertz CT molecular complexity index is 675. The van der Waals surface area contributed by atoms with Crippen molar-refractivity contribution in [3.8, 4) is 0 Å². The summed E-state index contributed by atoms with van der Waals surface area (Å²) < 4.78 is 13.8. The minimum Gasteiger partial charge on any atom is -0.375 e. The summed E-state index contributed by atoms with van der Waals surface area (Å²) in [5, 5.41) is 28.3. The Labute approximate surface area is 132 Å². The van der Waals surface area contributed by atoms with Crippen molar-refractivity contribution in [2.45, 2.75) is 51.2 Å². The van der Waals surface area contributed by atoms with Gasteiger partial charge in [-0.25, -0.2) is 0 Å². The van der Waals surface area contributed by atoms with Gasteiger partial charge in [-0.3, -0.25) is 20.2 Å². The smallest absolute Gasteiger partial charge is 0.311 e. The number of rotatable bonds is 4. The molecule has 2 rings (SSSR count). The highest BCUT2D eigenvalue weighted by atomic mass is 19.1. The van der Waals surface area contributed by atoms with E-state index >= 15 is 0 Å². The number of nitrogens with one attached hydrogen (secondary N) is 2. The van der Waals surface area contributed by atoms with E-state index in [1.54, 1.807) is 0 Å². The van der Waals surface area contributed by atoms with Gasteiger partial charge >= 0.3 is 5.69 Å². The molecule has 1 aliphatic rings. The molecule has 1 aliphatic heterocycles. The molecule has 126 valence electrons. The molecule has 0 aromatic heterocycles. The molecule has 0 spiro atoms. The summed E-state index contributed by atoms with van der Waals surface area (Å²) in [5.74, 6) is -1.11. The van der Waals surface area contributed by atoms with Gasteiger partial charge in [0.05, 0.1) is 15.9 Å². The quantitative estimate of drug-likeness (QED) is 0.650. The standard InChI is InChI=1S/C14H19FN4O4/c1-13(2)7-12(14(3,4)17-13)16-9-5-8(15)10(18(20)21)6-11(9)19(22)23/h5-6,12,16-17H,7H2,1-4H3. The lowest BCUT2D eigenvalue weighted by molar-refractivity contribution is -0.395. The van der Waals surface area contributed by atoms with Crippen molar-refractivity contribution >= 4 is 17.1 Å². The number of benzene rings is 1. The Morgan fingerprint density at radius 2 is 1.74 bits per heavy atom. The third kappa shape index (κ3) is 3.39. The molecule has 0 saturated carbocycles. The maximum Gasteiger partial charge on any atom is 0.311 e. The van der Waals surface area contributed by atoms with Crippen LogP contribution in [0.5, 0.6) is 0 Å². The molecule has 1 unspecified atom stereocenters. The number of nitrogens with zero attached hydrogens (tertiary/aromatic N) is 2. The number of hydrogen-bond donors (Lipinski definition) is 2. The van der Waals surface area contributed by atoms with Crippen LogP contribution in [0.15, 0.2) is 12.1 Å². The molecule has 2 N–H and O–H groups in total. The monoisotopic (exact) mass is 326 g/mol. The molecular formula is C14H19FN4O4. The Morgan fingerprint density at radius 3 is 2.17 bits per heavy atom. The van der Waals surface area contributed by atoms with Crippen molar-refractivity contribution < 1.29 is 14.2 Å². The number of nitro benzene ring substituents is 2. The van der Waals surface area contributed by atoms with Gasteiger partial charge in [-0.2, -0.15) is 4.39 Å². The summed E-state index contributed by atoms with van der Waals surface area (Å²) in [5.41, 5.74) is -2.05. The van der Waals surface area contributed by atoms with Gasteiger partial charge in [-0.1, -0.05) is 0 Å². The SMILES string of the molecule is CC1(C)CC(Nc2cc(F)c([N+](=O)[O-])cc2[N+](=O)[O-])C(C)(C)N1. The van der Waals surface area contributed by atoms with Crippen molar-refractivity contribution in [2.24, 2.45) is 0 Å².